The van der Waals surface area contributed by atoms with Gasteiger partial charge in [0.15, 0.2) is 0 Å². The van der Waals surface area contributed by atoms with Gasteiger partial charge >= 0.3 is 0 Å². The van der Waals surface area contributed by atoms with Gasteiger partial charge in [-0.2, -0.15) is 0 Å². The van der Waals surface area contributed by atoms with Crippen LogP contribution in [0.1, 0.15) is 12.0 Å². The highest BCUT2D eigenvalue weighted by molar-refractivity contribution is 5.66. The molecule has 0 radical (unpaired) electrons. The first-order chi connectivity index (χ1) is 6.90. The molecule has 1 aromatic rings. The Hall–Kier alpha value is -1.68. The molecule has 0 amide bonds. The van der Waals surface area contributed by atoms with E-state index in [0.717, 1.165) is 19.5 Å². The third-order valence-electron chi connectivity index (χ3n) is 2.54. The molecule has 14 heavy (non-hydrogen) atoms. The Labute approximate surface area is 85.0 Å². The van der Waals surface area contributed by atoms with Gasteiger partial charge in [0.25, 0.3) is 0 Å². The predicted octanol–water partition coefficient (Wildman–Crippen LogP) is 2.37. The third-order valence-corrected chi connectivity index (χ3v) is 2.54. The molecule has 0 fully saturated rings. The standard InChI is InChI=1S/C13H13N/c1-2-14-10-8-13(9-11-14)12-6-4-3-5-7-12/h1,3-8H,9-11H2. The van der Waals surface area contributed by atoms with Crippen molar-refractivity contribution in [2.45, 2.75) is 6.42 Å². The van der Waals surface area contributed by atoms with Gasteiger partial charge < -0.3 is 4.90 Å². The van der Waals surface area contributed by atoms with Crippen LogP contribution >= 0.6 is 0 Å². The van der Waals surface area contributed by atoms with Crippen LogP contribution in [0.25, 0.3) is 5.57 Å². The Kier molecular flexibility index (Phi) is 2.55. The third kappa shape index (κ3) is 1.80. The minimum atomic E-state index is 0.876. The molecule has 1 aliphatic rings. The van der Waals surface area contributed by atoms with Crippen molar-refractivity contribution in [1.29, 1.82) is 0 Å². The van der Waals surface area contributed by atoms with E-state index in [4.69, 9.17) is 6.42 Å². The molecule has 0 aliphatic carbocycles. The topological polar surface area (TPSA) is 3.24 Å². The maximum absolute atomic E-state index is 5.33. The summed E-state index contributed by atoms with van der Waals surface area (Å²) in [5.74, 6) is 0. The van der Waals surface area contributed by atoms with Gasteiger partial charge in [0, 0.05) is 19.1 Å². The van der Waals surface area contributed by atoms with Crippen LogP contribution in [0.2, 0.25) is 0 Å². The highest BCUT2D eigenvalue weighted by Crippen LogP contribution is 2.21. The Balaban J connectivity index is 2.16. The molecule has 70 valence electrons. The zero-order valence-electron chi connectivity index (χ0n) is 8.11. The van der Waals surface area contributed by atoms with Crippen molar-refractivity contribution in [3.63, 3.8) is 0 Å². The number of hydrogen-bond donors (Lipinski definition) is 0. The zero-order valence-corrected chi connectivity index (χ0v) is 8.11. The summed E-state index contributed by atoms with van der Waals surface area (Å²) >= 11 is 0. The van der Waals surface area contributed by atoms with Crippen LogP contribution in [0, 0.1) is 12.5 Å². The molecular weight excluding hydrogens is 170 g/mol. The smallest absolute Gasteiger partial charge is 0.0447 e. The van der Waals surface area contributed by atoms with E-state index in [1.165, 1.54) is 11.1 Å². The summed E-state index contributed by atoms with van der Waals surface area (Å²) in [6.45, 7) is 1.85. The lowest BCUT2D eigenvalue weighted by Gasteiger charge is -2.22. The molecule has 0 N–H and O–H groups in total. The molecule has 1 aliphatic heterocycles. The van der Waals surface area contributed by atoms with Crippen molar-refractivity contribution in [3.05, 3.63) is 42.0 Å². The van der Waals surface area contributed by atoms with Gasteiger partial charge in [-0.1, -0.05) is 42.8 Å². The van der Waals surface area contributed by atoms with E-state index in [1.54, 1.807) is 0 Å². The van der Waals surface area contributed by atoms with Crippen molar-refractivity contribution in [2.75, 3.05) is 13.1 Å². The number of rotatable bonds is 1. The fraction of sp³-hybridized carbons (Fsp3) is 0.231. The van der Waals surface area contributed by atoms with Gasteiger partial charge in [-0.25, -0.2) is 0 Å². The van der Waals surface area contributed by atoms with Gasteiger partial charge in [-0.05, 0) is 17.6 Å². The molecule has 1 aromatic carbocycles. The molecule has 1 heteroatoms. The molecule has 1 heterocycles. The highest BCUT2D eigenvalue weighted by atomic mass is 15.1. The van der Waals surface area contributed by atoms with E-state index in [0.29, 0.717) is 0 Å². The van der Waals surface area contributed by atoms with Crippen LogP contribution in [-0.2, 0) is 0 Å². The quantitative estimate of drug-likeness (QED) is 0.604. The van der Waals surface area contributed by atoms with Crippen molar-refractivity contribution in [2.24, 2.45) is 0 Å². The molecule has 0 saturated carbocycles. The Morgan fingerprint density at radius 1 is 1.21 bits per heavy atom. The fourth-order valence-corrected chi connectivity index (χ4v) is 1.70. The number of hydrogen-bond acceptors (Lipinski definition) is 1. The SMILES string of the molecule is C#CN1CC=C(c2ccccc2)CC1. The van der Waals surface area contributed by atoms with Gasteiger partial charge in [0.1, 0.15) is 0 Å². The molecular formula is C13H13N. The normalized spacial score (nSPS) is 15.9. The highest BCUT2D eigenvalue weighted by Gasteiger charge is 2.09. The molecule has 0 atom stereocenters. The second-order valence-electron chi connectivity index (χ2n) is 3.42. The van der Waals surface area contributed by atoms with E-state index >= 15 is 0 Å². The van der Waals surface area contributed by atoms with Crippen LogP contribution in [0.4, 0.5) is 0 Å². The van der Waals surface area contributed by atoms with Crippen molar-refractivity contribution in [3.8, 4) is 12.5 Å². The summed E-state index contributed by atoms with van der Waals surface area (Å²) in [6, 6.07) is 13.2. The van der Waals surface area contributed by atoms with Crippen LogP contribution < -0.4 is 0 Å². The van der Waals surface area contributed by atoms with E-state index in [-0.39, 0.29) is 0 Å². The molecule has 1 nitrogen and oxygen atoms in total. The first-order valence-electron chi connectivity index (χ1n) is 4.86. The molecule has 0 unspecified atom stereocenters. The number of benzene rings is 1. The zero-order chi connectivity index (χ0) is 9.80. The van der Waals surface area contributed by atoms with Crippen LogP contribution in [0.15, 0.2) is 36.4 Å². The van der Waals surface area contributed by atoms with Crippen LogP contribution in [-0.4, -0.2) is 18.0 Å². The predicted molar refractivity (Wildman–Crippen MR) is 59.4 cm³/mol. The lowest BCUT2D eigenvalue weighted by atomic mass is 10.00. The van der Waals surface area contributed by atoms with Gasteiger partial charge in [0.05, 0.1) is 0 Å². The Bertz CT molecular complexity index is 370. The van der Waals surface area contributed by atoms with Crippen molar-refractivity contribution < 1.29 is 0 Å². The summed E-state index contributed by atoms with van der Waals surface area (Å²) in [6.07, 6.45) is 8.60. The maximum atomic E-state index is 5.33. The van der Waals surface area contributed by atoms with E-state index in [9.17, 15) is 0 Å². The largest absolute Gasteiger partial charge is 0.329 e. The average Bonchev–Trinajstić information content (AvgIpc) is 2.30. The second-order valence-corrected chi connectivity index (χ2v) is 3.42. The summed E-state index contributed by atoms with van der Waals surface area (Å²) in [4.78, 5) is 1.99. The number of terminal acetylenes is 1. The Morgan fingerprint density at radius 3 is 2.57 bits per heavy atom. The summed E-state index contributed by atoms with van der Waals surface area (Å²) in [5, 5.41) is 0. The Morgan fingerprint density at radius 2 is 2.00 bits per heavy atom. The summed E-state index contributed by atoms with van der Waals surface area (Å²) in [7, 11) is 0. The minimum Gasteiger partial charge on any atom is -0.329 e. The summed E-state index contributed by atoms with van der Waals surface area (Å²) in [5.41, 5.74) is 2.74. The summed E-state index contributed by atoms with van der Waals surface area (Å²) < 4.78 is 0. The van der Waals surface area contributed by atoms with Crippen LogP contribution in [0.5, 0.6) is 0 Å². The molecule has 0 aromatic heterocycles. The van der Waals surface area contributed by atoms with Gasteiger partial charge in [-0.15, -0.1) is 0 Å². The molecule has 0 spiro atoms. The fourth-order valence-electron chi connectivity index (χ4n) is 1.70. The lowest BCUT2D eigenvalue weighted by molar-refractivity contribution is 0.439. The average molecular weight is 183 g/mol. The molecule has 0 bridgehead atoms. The van der Waals surface area contributed by atoms with Crippen LogP contribution in [0.3, 0.4) is 0 Å². The van der Waals surface area contributed by atoms with Crippen molar-refractivity contribution >= 4 is 5.57 Å². The van der Waals surface area contributed by atoms with E-state index in [2.05, 4.69) is 36.4 Å². The lowest BCUT2D eigenvalue weighted by Crippen LogP contribution is -2.23. The van der Waals surface area contributed by atoms with Gasteiger partial charge in [0.2, 0.25) is 0 Å². The van der Waals surface area contributed by atoms with Crippen molar-refractivity contribution in [1.82, 2.24) is 4.90 Å². The maximum Gasteiger partial charge on any atom is 0.0447 e. The van der Waals surface area contributed by atoms with E-state index in [1.807, 2.05) is 11.0 Å². The molecule has 2 rings (SSSR count). The minimum absolute atomic E-state index is 0.876. The second kappa shape index (κ2) is 4.02. The molecule has 0 saturated heterocycles. The monoisotopic (exact) mass is 183 g/mol. The first kappa shape index (κ1) is 8.90. The number of nitrogens with zero attached hydrogens (tertiary/aromatic N) is 1. The van der Waals surface area contributed by atoms with E-state index < -0.39 is 0 Å². The van der Waals surface area contributed by atoms with Gasteiger partial charge in [-0.3, -0.25) is 0 Å². The first-order valence-corrected chi connectivity index (χ1v) is 4.86.